The first kappa shape index (κ1) is 14.8. The monoisotopic (exact) mass is 256 g/mol. The molecule has 0 atom stereocenters. The van der Waals surface area contributed by atoms with E-state index in [4.69, 9.17) is 0 Å². The SMILES string of the molecule is CC(C)(C)/C=C/CCc1ccc(C(F)(F)F)cc1. The van der Waals surface area contributed by atoms with Crippen molar-refractivity contribution in [2.75, 3.05) is 0 Å². The van der Waals surface area contributed by atoms with Crippen molar-refractivity contribution in [2.24, 2.45) is 5.41 Å². The molecule has 18 heavy (non-hydrogen) atoms. The highest BCUT2D eigenvalue weighted by molar-refractivity contribution is 5.24. The van der Waals surface area contributed by atoms with Gasteiger partial charge >= 0.3 is 6.18 Å². The predicted molar refractivity (Wildman–Crippen MR) is 68.4 cm³/mol. The number of aryl methyl sites for hydroxylation is 1. The van der Waals surface area contributed by atoms with Crippen LogP contribution in [0.1, 0.15) is 38.3 Å². The van der Waals surface area contributed by atoms with E-state index in [1.54, 1.807) is 12.1 Å². The van der Waals surface area contributed by atoms with Crippen LogP contribution in [0.4, 0.5) is 13.2 Å². The summed E-state index contributed by atoms with van der Waals surface area (Å²) in [4.78, 5) is 0. The third-order valence-corrected chi connectivity index (χ3v) is 2.50. The van der Waals surface area contributed by atoms with Crippen LogP contribution in [-0.4, -0.2) is 0 Å². The van der Waals surface area contributed by atoms with Crippen LogP contribution in [0.25, 0.3) is 0 Å². The third kappa shape index (κ3) is 5.39. The van der Waals surface area contributed by atoms with E-state index in [-0.39, 0.29) is 5.41 Å². The van der Waals surface area contributed by atoms with Crippen LogP contribution in [0.5, 0.6) is 0 Å². The van der Waals surface area contributed by atoms with Crippen molar-refractivity contribution in [3.8, 4) is 0 Å². The maximum absolute atomic E-state index is 12.3. The molecule has 100 valence electrons. The Hall–Kier alpha value is -1.25. The van der Waals surface area contributed by atoms with E-state index < -0.39 is 11.7 Å². The summed E-state index contributed by atoms with van der Waals surface area (Å²) in [6.07, 6.45) is 1.58. The molecule has 0 N–H and O–H groups in total. The molecular weight excluding hydrogens is 237 g/mol. The van der Waals surface area contributed by atoms with Crippen molar-refractivity contribution in [3.05, 3.63) is 47.5 Å². The second-order valence-electron chi connectivity index (χ2n) is 5.50. The smallest absolute Gasteiger partial charge is 0.166 e. The van der Waals surface area contributed by atoms with Gasteiger partial charge in [0.05, 0.1) is 5.56 Å². The maximum atomic E-state index is 12.3. The molecule has 0 aliphatic carbocycles. The Balaban J connectivity index is 2.53. The molecule has 0 saturated heterocycles. The first-order chi connectivity index (χ1) is 8.18. The fraction of sp³-hybridized carbons (Fsp3) is 0.467. The lowest BCUT2D eigenvalue weighted by atomic mass is 9.95. The van der Waals surface area contributed by atoms with Crippen molar-refractivity contribution < 1.29 is 13.2 Å². The molecule has 1 aromatic rings. The average molecular weight is 256 g/mol. The van der Waals surface area contributed by atoms with Gasteiger partial charge in [-0.3, -0.25) is 0 Å². The molecule has 0 aromatic heterocycles. The molecule has 1 rings (SSSR count). The Morgan fingerprint density at radius 1 is 1.00 bits per heavy atom. The molecule has 3 heteroatoms. The van der Waals surface area contributed by atoms with Gasteiger partial charge in [0, 0.05) is 0 Å². The minimum absolute atomic E-state index is 0.153. The molecule has 0 amide bonds. The zero-order chi connectivity index (χ0) is 13.8. The lowest BCUT2D eigenvalue weighted by Gasteiger charge is -2.11. The normalized spacial score (nSPS) is 13.2. The van der Waals surface area contributed by atoms with Crippen LogP contribution in [0, 0.1) is 5.41 Å². The van der Waals surface area contributed by atoms with E-state index in [9.17, 15) is 13.2 Å². The van der Waals surface area contributed by atoms with Gasteiger partial charge < -0.3 is 0 Å². The Kier molecular flexibility index (Phi) is 4.60. The molecule has 0 bridgehead atoms. The summed E-state index contributed by atoms with van der Waals surface area (Å²) in [5, 5.41) is 0. The van der Waals surface area contributed by atoms with Gasteiger partial charge in [-0.05, 0) is 36.0 Å². The summed E-state index contributed by atoms with van der Waals surface area (Å²) in [6, 6.07) is 5.38. The van der Waals surface area contributed by atoms with Gasteiger partial charge in [-0.2, -0.15) is 13.2 Å². The van der Waals surface area contributed by atoms with Crippen molar-refractivity contribution in [1.29, 1.82) is 0 Å². The second kappa shape index (κ2) is 5.59. The van der Waals surface area contributed by atoms with Crippen molar-refractivity contribution >= 4 is 0 Å². The van der Waals surface area contributed by atoms with Gasteiger partial charge in [0.1, 0.15) is 0 Å². The molecule has 0 radical (unpaired) electrons. The number of rotatable bonds is 3. The zero-order valence-corrected chi connectivity index (χ0v) is 11.0. The summed E-state index contributed by atoms with van der Waals surface area (Å²) < 4.78 is 37.0. The van der Waals surface area contributed by atoms with E-state index in [2.05, 4.69) is 32.9 Å². The molecule has 0 aliphatic rings. The van der Waals surface area contributed by atoms with Crippen molar-refractivity contribution in [3.63, 3.8) is 0 Å². The summed E-state index contributed by atoms with van der Waals surface area (Å²) >= 11 is 0. The average Bonchev–Trinajstić information content (AvgIpc) is 2.22. The number of halogens is 3. The third-order valence-electron chi connectivity index (χ3n) is 2.50. The summed E-state index contributed by atoms with van der Waals surface area (Å²) in [5.41, 5.74) is 0.498. The first-order valence-corrected chi connectivity index (χ1v) is 6.02. The van der Waals surface area contributed by atoms with Gasteiger partial charge in [0.25, 0.3) is 0 Å². The van der Waals surface area contributed by atoms with E-state index in [1.165, 1.54) is 0 Å². The van der Waals surface area contributed by atoms with Gasteiger partial charge in [-0.1, -0.05) is 45.1 Å². The number of benzene rings is 1. The molecule has 0 unspecified atom stereocenters. The van der Waals surface area contributed by atoms with Gasteiger partial charge in [-0.25, -0.2) is 0 Å². The molecule has 1 aromatic carbocycles. The van der Waals surface area contributed by atoms with Crippen LogP contribution < -0.4 is 0 Å². The number of allylic oxidation sites excluding steroid dienone is 2. The first-order valence-electron chi connectivity index (χ1n) is 6.02. The van der Waals surface area contributed by atoms with E-state index >= 15 is 0 Å². The topological polar surface area (TPSA) is 0 Å². The summed E-state index contributed by atoms with van der Waals surface area (Å²) in [6.45, 7) is 6.34. The Bertz CT molecular complexity index is 391. The number of alkyl halides is 3. The Morgan fingerprint density at radius 3 is 2.00 bits per heavy atom. The zero-order valence-electron chi connectivity index (χ0n) is 11.0. The van der Waals surface area contributed by atoms with Crippen LogP contribution in [0.2, 0.25) is 0 Å². The summed E-state index contributed by atoms with van der Waals surface area (Å²) in [5.74, 6) is 0. The second-order valence-corrected chi connectivity index (χ2v) is 5.50. The highest BCUT2D eigenvalue weighted by atomic mass is 19.4. The van der Waals surface area contributed by atoms with E-state index in [1.807, 2.05) is 0 Å². The lowest BCUT2D eigenvalue weighted by molar-refractivity contribution is -0.137. The highest BCUT2D eigenvalue weighted by Crippen LogP contribution is 2.29. The Labute approximate surface area is 107 Å². The van der Waals surface area contributed by atoms with Gasteiger partial charge in [-0.15, -0.1) is 0 Å². The molecule has 0 aliphatic heterocycles. The number of hydrogen-bond donors (Lipinski definition) is 0. The maximum Gasteiger partial charge on any atom is 0.416 e. The molecule has 0 heterocycles. The van der Waals surface area contributed by atoms with E-state index in [0.29, 0.717) is 0 Å². The fourth-order valence-electron chi connectivity index (χ4n) is 1.55. The summed E-state index contributed by atoms with van der Waals surface area (Å²) in [7, 11) is 0. The van der Waals surface area contributed by atoms with E-state index in [0.717, 1.165) is 30.5 Å². The van der Waals surface area contributed by atoms with Crippen LogP contribution in [0.15, 0.2) is 36.4 Å². The van der Waals surface area contributed by atoms with Gasteiger partial charge in [0.15, 0.2) is 0 Å². The molecule has 0 spiro atoms. The van der Waals surface area contributed by atoms with Crippen LogP contribution in [-0.2, 0) is 12.6 Å². The largest absolute Gasteiger partial charge is 0.416 e. The molecule has 0 nitrogen and oxygen atoms in total. The van der Waals surface area contributed by atoms with Crippen molar-refractivity contribution in [2.45, 2.75) is 39.8 Å². The molecule has 0 fully saturated rings. The van der Waals surface area contributed by atoms with Crippen LogP contribution >= 0.6 is 0 Å². The predicted octanol–water partition coefficient (Wildman–Crippen LogP) is 5.24. The highest BCUT2D eigenvalue weighted by Gasteiger charge is 2.29. The fourth-order valence-corrected chi connectivity index (χ4v) is 1.55. The molecular formula is C15H19F3. The standard InChI is InChI=1S/C15H19F3/c1-14(2,3)11-5-4-6-12-7-9-13(10-8-12)15(16,17)18/h5,7-11H,4,6H2,1-3H3/b11-5+. The van der Waals surface area contributed by atoms with Crippen molar-refractivity contribution in [1.82, 2.24) is 0 Å². The van der Waals surface area contributed by atoms with Crippen LogP contribution in [0.3, 0.4) is 0 Å². The minimum Gasteiger partial charge on any atom is -0.166 e. The quantitative estimate of drug-likeness (QED) is 0.649. The minimum atomic E-state index is -4.25. The number of hydrogen-bond acceptors (Lipinski definition) is 0. The lowest BCUT2D eigenvalue weighted by Crippen LogP contribution is -2.04. The Morgan fingerprint density at radius 2 is 1.56 bits per heavy atom. The van der Waals surface area contributed by atoms with Gasteiger partial charge in [0.2, 0.25) is 0 Å². The molecule has 0 saturated carbocycles.